The van der Waals surface area contributed by atoms with Crippen molar-refractivity contribution >= 4 is 5.97 Å². The molecule has 1 aliphatic rings. The molecule has 0 atom stereocenters. The standard InChI is InChI=1S/C15H22N2O2/c1-3-15(14(18)19)6-8-17(9-7-15)11-13-5-4-12(2)10-16-13/h4-5,10H,3,6-9,11H2,1-2H3,(H,18,19). The second kappa shape index (κ2) is 5.70. The number of nitrogens with zero attached hydrogens (tertiary/aromatic N) is 2. The third-order valence-electron chi connectivity index (χ3n) is 4.30. The fraction of sp³-hybridized carbons (Fsp3) is 0.600. The van der Waals surface area contributed by atoms with Gasteiger partial charge in [0, 0.05) is 12.7 Å². The first-order valence-electron chi connectivity index (χ1n) is 6.93. The second-order valence-electron chi connectivity index (χ2n) is 5.54. The van der Waals surface area contributed by atoms with Crippen molar-refractivity contribution in [2.45, 2.75) is 39.7 Å². The number of likely N-dealkylation sites (tertiary alicyclic amines) is 1. The molecule has 4 heteroatoms. The lowest BCUT2D eigenvalue weighted by atomic mass is 9.76. The maximum absolute atomic E-state index is 11.4. The number of aliphatic carboxylic acids is 1. The number of aryl methyl sites for hydroxylation is 1. The minimum atomic E-state index is -0.636. The molecule has 2 rings (SSSR count). The van der Waals surface area contributed by atoms with E-state index in [0.717, 1.165) is 44.6 Å². The van der Waals surface area contributed by atoms with Crippen molar-refractivity contribution in [3.05, 3.63) is 29.6 Å². The molecule has 0 bridgehead atoms. The lowest BCUT2D eigenvalue weighted by Gasteiger charge is -2.38. The summed E-state index contributed by atoms with van der Waals surface area (Å²) in [5, 5.41) is 9.36. The summed E-state index contributed by atoms with van der Waals surface area (Å²) in [7, 11) is 0. The quantitative estimate of drug-likeness (QED) is 0.905. The summed E-state index contributed by atoms with van der Waals surface area (Å²) in [5.74, 6) is -0.636. The maximum Gasteiger partial charge on any atom is 0.309 e. The highest BCUT2D eigenvalue weighted by Gasteiger charge is 2.39. The third-order valence-corrected chi connectivity index (χ3v) is 4.30. The number of piperidine rings is 1. The van der Waals surface area contributed by atoms with E-state index >= 15 is 0 Å². The van der Waals surface area contributed by atoms with Gasteiger partial charge in [0.25, 0.3) is 0 Å². The predicted octanol–water partition coefficient (Wildman–Crippen LogP) is 2.47. The molecular formula is C15H22N2O2. The van der Waals surface area contributed by atoms with Crippen LogP contribution in [-0.4, -0.2) is 34.0 Å². The van der Waals surface area contributed by atoms with Crippen LogP contribution in [0.3, 0.4) is 0 Å². The number of pyridine rings is 1. The first-order valence-corrected chi connectivity index (χ1v) is 6.93. The van der Waals surface area contributed by atoms with Crippen LogP contribution < -0.4 is 0 Å². The Morgan fingerprint density at radius 1 is 1.42 bits per heavy atom. The number of carboxylic acids is 1. The number of aromatic nitrogens is 1. The molecule has 0 spiro atoms. The smallest absolute Gasteiger partial charge is 0.309 e. The van der Waals surface area contributed by atoms with Gasteiger partial charge in [-0.2, -0.15) is 0 Å². The molecule has 1 aliphatic heterocycles. The van der Waals surface area contributed by atoms with E-state index < -0.39 is 11.4 Å². The molecule has 4 nitrogen and oxygen atoms in total. The minimum Gasteiger partial charge on any atom is -0.481 e. The lowest BCUT2D eigenvalue weighted by Crippen LogP contribution is -2.43. The van der Waals surface area contributed by atoms with Crippen molar-refractivity contribution in [2.75, 3.05) is 13.1 Å². The van der Waals surface area contributed by atoms with Crippen LogP contribution in [0.4, 0.5) is 0 Å². The average molecular weight is 262 g/mol. The van der Waals surface area contributed by atoms with Gasteiger partial charge in [-0.25, -0.2) is 0 Å². The zero-order valence-corrected chi connectivity index (χ0v) is 11.7. The van der Waals surface area contributed by atoms with E-state index in [0.29, 0.717) is 0 Å². The highest BCUT2D eigenvalue weighted by Crippen LogP contribution is 2.35. The molecule has 1 saturated heterocycles. The summed E-state index contributed by atoms with van der Waals surface area (Å²) in [4.78, 5) is 18.1. The van der Waals surface area contributed by atoms with Gasteiger partial charge in [-0.15, -0.1) is 0 Å². The Hall–Kier alpha value is -1.42. The normalized spacial score (nSPS) is 19.3. The van der Waals surface area contributed by atoms with E-state index in [1.807, 2.05) is 26.1 Å². The Morgan fingerprint density at radius 3 is 2.58 bits per heavy atom. The molecule has 0 radical (unpaired) electrons. The van der Waals surface area contributed by atoms with E-state index in [-0.39, 0.29) is 0 Å². The van der Waals surface area contributed by atoms with Crippen molar-refractivity contribution in [2.24, 2.45) is 5.41 Å². The summed E-state index contributed by atoms with van der Waals surface area (Å²) in [6.07, 6.45) is 4.08. The monoisotopic (exact) mass is 262 g/mol. The minimum absolute atomic E-state index is 0.503. The SMILES string of the molecule is CCC1(C(=O)O)CCN(Cc2ccc(C)cn2)CC1. The van der Waals surface area contributed by atoms with Crippen molar-refractivity contribution in [3.63, 3.8) is 0 Å². The number of hydrogen-bond acceptors (Lipinski definition) is 3. The molecule has 0 unspecified atom stereocenters. The van der Waals surface area contributed by atoms with Crippen LogP contribution in [-0.2, 0) is 11.3 Å². The van der Waals surface area contributed by atoms with Gasteiger partial charge >= 0.3 is 5.97 Å². The Labute approximate surface area is 114 Å². The Bertz CT molecular complexity index is 434. The zero-order chi connectivity index (χ0) is 13.9. The van der Waals surface area contributed by atoms with Gasteiger partial charge in [-0.1, -0.05) is 13.0 Å². The van der Waals surface area contributed by atoms with Crippen LogP contribution in [0.15, 0.2) is 18.3 Å². The van der Waals surface area contributed by atoms with Gasteiger partial charge in [0.05, 0.1) is 11.1 Å². The fourth-order valence-electron chi connectivity index (χ4n) is 2.68. The molecule has 0 aliphatic carbocycles. The van der Waals surface area contributed by atoms with Gasteiger partial charge in [0.2, 0.25) is 0 Å². The molecule has 1 aromatic rings. The van der Waals surface area contributed by atoms with Crippen LogP contribution >= 0.6 is 0 Å². The molecule has 0 aromatic carbocycles. The van der Waals surface area contributed by atoms with Crippen molar-refractivity contribution in [1.82, 2.24) is 9.88 Å². The van der Waals surface area contributed by atoms with Gasteiger partial charge in [0.15, 0.2) is 0 Å². The van der Waals surface area contributed by atoms with Crippen LogP contribution in [0.1, 0.15) is 37.4 Å². The third kappa shape index (κ3) is 3.13. The van der Waals surface area contributed by atoms with Gasteiger partial charge < -0.3 is 5.11 Å². The molecular weight excluding hydrogens is 240 g/mol. The molecule has 0 amide bonds. The van der Waals surface area contributed by atoms with Crippen molar-refractivity contribution in [1.29, 1.82) is 0 Å². The van der Waals surface area contributed by atoms with Gasteiger partial charge in [-0.05, 0) is 50.9 Å². The summed E-state index contributed by atoms with van der Waals surface area (Å²) in [6.45, 7) is 6.51. The van der Waals surface area contributed by atoms with E-state index in [1.54, 1.807) is 0 Å². The molecule has 0 saturated carbocycles. The Balaban J connectivity index is 1.93. The first-order chi connectivity index (χ1) is 9.05. The molecule has 19 heavy (non-hydrogen) atoms. The van der Waals surface area contributed by atoms with Crippen molar-refractivity contribution in [3.8, 4) is 0 Å². The van der Waals surface area contributed by atoms with Crippen LogP contribution in [0, 0.1) is 12.3 Å². The summed E-state index contributed by atoms with van der Waals surface area (Å²) < 4.78 is 0. The predicted molar refractivity (Wildman–Crippen MR) is 73.8 cm³/mol. The second-order valence-corrected chi connectivity index (χ2v) is 5.54. The Morgan fingerprint density at radius 2 is 2.11 bits per heavy atom. The molecule has 1 aromatic heterocycles. The summed E-state index contributed by atoms with van der Waals surface area (Å²) in [5.41, 5.74) is 1.72. The largest absolute Gasteiger partial charge is 0.481 e. The number of carbonyl (C=O) groups is 1. The fourth-order valence-corrected chi connectivity index (χ4v) is 2.68. The number of rotatable bonds is 4. The van der Waals surface area contributed by atoms with Crippen molar-refractivity contribution < 1.29 is 9.90 Å². The zero-order valence-electron chi connectivity index (χ0n) is 11.7. The summed E-state index contributed by atoms with van der Waals surface area (Å²) in [6, 6.07) is 4.12. The maximum atomic E-state index is 11.4. The number of hydrogen-bond donors (Lipinski definition) is 1. The van der Waals surface area contributed by atoms with E-state index in [1.165, 1.54) is 5.56 Å². The molecule has 1 N–H and O–H groups in total. The van der Waals surface area contributed by atoms with E-state index in [2.05, 4.69) is 16.0 Å². The molecule has 104 valence electrons. The van der Waals surface area contributed by atoms with E-state index in [4.69, 9.17) is 0 Å². The highest BCUT2D eigenvalue weighted by atomic mass is 16.4. The molecule has 2 heterocycles. The van der Waals surface area contributed by atoms with Crippen LogP contribution in [0.5, 0.6) is 0 Å². The van der Waals surface area contributed by atoms with Gasteiger partial charge in [-0.3, -0.25) is 14.7 Å². The number of carboxylic acid groups (broad SMARTS) is 1. The Kier molecular flexibility index (Phi) is 4.20. The van der Waals surface area contributed by atoms with Crippen LogP contribution in [0.25, 0.3) is 0 Å². The topological polar surface area (TPSA) is 53.4 Å². The lowest BCUT2D eigenvalue weighted by molar-refractivity contribution is -0.152. The van der Waals surface area contributed by atoms with Crippen LogP contribution in [0.2, 0.25) is 0 Å². The molecule has 1 fully saturated rings. The highest BCUT2D eigenvalue weighted by molar-refractivity contribution is 5.74. The van der Waals surface area contributed by atoms with E-state index in [9.17, 15) is 9.90 Å². The first kappa shape index (κ1) is 14.0. The van der Waals surface area contributed by atoms with Gasteiger partial charge in [0.1, 0.15) is 0 Å². The summed E-state index contributed by atoms with van der Waals surface area (Å²) >= 11 is 0. The average Bonchev–Trinajstić information content (AvgIpc) is 2.42.